The lowest BCUT2D eigenvalue weighted by Gasteiger charge is -2.42. The van der Waals surface area contributed by atoms with Gasteiger partial charge in [-0.05, 0) is 70.7 Å². The lowest BCUT2D eigenvalue weighted by Crippen LogP contribution is -2.56. The van der Waals surface area contributed by atoms with Gasteiger partial charge < -0.3 is 18.9 Å². The molecular formula is C42H49N5O7S. The third kappa shape index (κ3) is 8.84. The van der Waals surface area contributed by atoms with Crippen molar-refractivity contribution in [1.29, 1.82) is 0 Å². The number of carbonyl (C=O) groups is 2. The molecule has 0 unspecified atom stereocenters. The van der Waals surface area contributed by atoms with Gasteiger partial charge in [-0.25, -0.2) is 19.6 Å². The van der Waals surface area contributed by atoms with Crippen molar-refractivity contribution in [3.8, 4) is 0 Å². The Morgan fingerprint density at radius 1 is 0.764 bits per heavy atom. The molecule has 0 radical (unpaired) electrons. The fourth-order valence-corrected chi connectivity index (χ4v) is 7.69. The molecule has 2 atom stereocenters. The molecule has 1 saturated heterocycles. The van der Waals surface area contributed by atoms with Crippen LogP contribution in [0.3, 0.4) is 0 Å². The second-order valence-corrected chi connectivity index (χ2v) is 17.6. The maximum Gasteiger partial charge on any atom is 0.416 e. The normalized spacial score (nSPS) is 16.8. The monoisotopic (exact) mass is 767 g/mol. The maximum atomic E-state index is 14.5. The van der Waals surface area contributed by atoms with E-state index < -0.39 is 51.0 Å². The van der Waals surface area contributed by atoms with Crippen LogP contribution in [0.5, 0.6) is 0 Å². The van der Waals surface area contributed by atoms with Gasteiger partial charge in [-0.3, -0.25) is 9.08 Å². The third-order valence-electron chi connectivity index (χ3n) is 9.26. The molecule has 1 aliphatic heterocycles. The number of aromatic nitrogens is 3. The Labute approximate surface area is 323 Å². The highest BCUT2D eigenvalue weighted by Crippen LogP contribution is 2.44. The van der Waals surface area contributed by atoms with E-state index in [-0.39, 0.29) is 31.9 Å². The molecule has 0 saturated carbocycles. The predicted molar refractivity (Wildman–Crippen MR) is 211 cm³/mol. The minimum Gasteiger partial charge on any atom is -0.444 e. The molecule has 55 heavy (non-hydrogen) atoms. The van der Waals surface area contributed by atoms with Crippen LogP contribution in [0.2, 0.25) is 0 Å². The van der Waals surface area contributed by atoms with E-state index in [2.05, 4.69) is 41.0 Å². The standard InChI is InChI=1S/C42H49N5O7S/c1-40(2,3)53-38(48)45-26-30(28-52-55(7,50)51)25-34(27-45)47(39(49)54-41(4,5)6)37-35-23-24-46(36(35)43-29-44-37)42(31-17-11-8-12-18-31,32-19-13-9-14-20-32)33-21-15-10-16-22-33/h8-24,29-30,34H,25-28H2,1-7H3/t30-,34+/m0/s1. The van der Waals surface area contributed by atoms with Crippen LogP contribution in [-0.4, -0.2) is 83.2 Å². The highest BCUT2D eigenvalue weighted by molar-refractivity contribution is 7.85. The number of amides is 2. The molecule has 13 heteroatoms. The number of carbonyl (C=O) groups excluding carboxylic acids is 2. The Kier molecular flexibility index (Phi) is 11.1. The summed E-state index contributed by atoms with van der Waals surface area (Å²) < 4.78 is 43.3. The van der Waals surface area contributed by atoms with E-state index in [0.717, 1.165) is 22.9 Å². The lowest BCUT2D eigenvalue weighted by atomic mass is 9.76. The predicted octanol–water partition coefficient (Wildman–Crippen LogP) is 7.61. The van der Waals surface area contributed by atoms with E-state index >= 15 is 0 Å². The van der Waals surface area contributed by atoms with Crippen molar-refractivity contribution in [2.45, 2.75) is 70.7 Å². The summed E-state index contributed by atoms with van der Waals surface area (Å²) in [5, 5.41) is 0.568. The van der Waals surface area contributed by atoms with Crippen molar-refractivity contribution < 1.29 is 31.7 Å². The largest absolute Gasteiger partial charge is 0.444 e. The number of rotatable bonds is 9. The highest BCUT2D eigenvalue weighted by atomic mass is 32.2. The molecule has 2 aromatic heterocycles. The topological polar surface area (TPSA) is 133 Å². The van der Waals surface area contributed by atoms with E-state index in [4.69, 9.17) is 23.6 Å². The molecule has 1 fully saturated rings. The van der Waals surface area contributed by atoms with Gasteiger partial charge in [0.05, 0.1) is 24.3 Å². The molecule has 0 bridgehead atoms. The van der Waals surface area contributed by atoms with Crippen molar-refractivity contribution in [1.82, 2.24) is 19.4 Å². The van der Waals surface area contributed by atoms with Gasteiger partial charge in [0, 0.05) is 25.2 Å². The van der Waals surface area contributed by atoms with Crippen LogP contribution in [0.15, 0.2) is 110 Å². The summed E-state index contributed by atoms with van der Waals surface area (Å²) in [4.78, 5) is 40.6. The van der Waals surface area contributed by atoms with Gasteiger partial charge in [-0.2, -0.15) is 8.42 Å². The first kappa shape index (κ1) is 39.4. The van der Waals surface area contributed by atoms with E-state index in [1.807, 2.05) is 66.9 Å². The Morgan fingerprint density at radius 2 is 1.29 bits per heavy atom. The maximum absolute atomic E-state index is 14.5. The van der Waals surface area contributed by atoms with Crippen molar-refractivity contribution >= 4 is 39.2 Å². The summed E-state index contributed by atoms with van der Waals surface area (Å²) in [5.74, 6) is -0.199. The first-order chi connectivity index (χ1) is 26.0. The van der Waals surface area contributed by atoms with Crippen molar-refractivity contribution in [3.63, 3.8) is 0 Å². The average Bonchev–Trinajstić information content (AvgIpc) is 3.56. The second-order valence-electron chi connectivity index (χ2n) is 15.9. The molecule has 6 rings (SSSR count). The number of fused-ring (bicyclic) bond motifs is 1. The fraction of sp³-hybridized carbons (Fsp3) is 0.381. The Balaban J connectivity index is 1.55. The van der Waals surface area contributed by atoms with Gasteiger partial charge in [0.2, 0.25) is 0 Å². The van der Waals surface area contributed by atoms with Crippen molar-refractivity contribution in [2.75, 3.05) is 30.9 Å². The molecule has 0 aliphatic carbocycles. The summed E-state index contributed by atoms with van der Waals surface area (Å²) in [7, 11) is -3.79. The zero-order chi connectivity index (χ0) is 39.6. The molecule has 0 N–H and O–H groups in total. The van der Waals surface area contributed by atoms with Crippen LogP contribution < -0.4 is 4.90 Å². The Hall–Kier alpha value is -5.27. The van der Waals surface area contributed by atoms with Crippen LogP contribution in [0, 0.1) is 5.92 Å². The number of benzene rings is 3. The van der Waals surface area contributed by atoms with E-state index in [1.54, 1.807) is 41.5 Å². The molecule has 12 nitrogen and oxygen atoms in total. The first-order valence-electron chi connectivity index (χ1n) is 18.3. The number of likely N-dealkylation sites (tertiary alicyclic amines) is 1. The van der Waals surface area contributed by atoms with E-state index in [1.165, 1.54) is 16.1 Å². The summed E-state index contributed by atoms with van der Waals surface area (Å²) in [6.07, 6.45) is 3.37. The van der Waals surface area contributed by atoms with Crippen molar-refractivity contribution in [2.24, 2.45) is 5.92 Å². The van der Waals surface area contributed by atoms with Gasteiger partial charge in [-0.1, -0.05) is 91.0 Å². The fourth-order valence-electron chi connectivity index (χ4n) is 7.25. The van der Waals surface area contributed by atoms with Crippen LogP contribution in [-0.2, 0) is 29.3 Å². The molecule has 3 aromatic carbocycles. The lowest BCUT2D eigenvalue weighted by molar-refractivity contribution is 0.00960. The van der Waals surface area contributed by atoms with Crippen LogP contribution in [0.1, 0.15) is 64.7 Å². The minimum absolute atomic E-state index is 0.0672. The number of anilines is 1. The smallest absolute Gasteiger partial charge is 0.416 e. The van der Waals surface area contributed by atoms with Gasteiger partial charge in [0.1, 0.15) is 28.7 Å². The number of piperidine rings is 1. The molecule has 0 spiro atoms. The quantitative estimate of drug-likeness (QED) is 0.110. The molecule has 2 amide bonds. The van der Waals surface area contributed by atoms with Gasteiger partial charge in [0.15, 0.2) is 5.82 Å². The summed E-state index contributed by atoms with van der Waals surface area (Å²) in [6, 6.07) is 31.7. The van der Waals surface area contributed by atoms with Gasteiger partial charge in [-0.15, -0.1) is 0 Å². The number of hydrogen-bond donors (Lipinski definition) is 0. The number of hydrogen-bond acceptors (Lipinski definition) is 9. The zero-order valence-electron chi connectivity index (χ0n) is 32.4. The first-order valence-corrected chi connectivity index (χ1v) is 20.1. The number of nitrogens with zero attached hydrogens (tertiary/aromatic N) is 5. The summed E-state index contributed by atoms with van der Waals surface area (Å²) in [6.45, 7) is 10.7. The minimum atomic E-state index is -3.79. The molecular weight excluding hydrogens is 719 g/mol. The second kappa shape index (κ2) is 15.5. The number of ether oxygens (including phenoxy) is 2. The third-order valence-corrected chi connectivity index (χ3v) is 9.83. The van der Waals surface area contributed by atoms with Crippen molar-refractivity contribution in [3.05, 3.63) is 126 Å². The summed E-state index contributed by atoms with van der Waals surface area (Å²) in [5.41, 5.74) is 0.939. The SMILES string of the molecule is CC(C)(C)OC(=O)N1C[C@@H](COS(C)(=O)=O)C[C@@H](N(C(=O)OC(C)(C)C)c2ncnc3c2ccn3C(c2ccccc2)(c2ccccc2)c2ccccc2)C1. The van der Waals surface area contributed by atoms with Crippen LogP contribution in [0.4, 0.5) is 15.4 Å². The molecule has 5 aromatic rings. The van der Waals surface area contributed by atoms with Gasteiger partial charge >= 0.3 is 12.2 Å². The average molecular weight is 768 g/mol. The van der Waals surface area contributed by atoms with Crippen LogP contribution >= 0.6 is 0 Å². The molecule has 3 heterocycles. The van der Waals surface area contributed by atoms with Crippen LogP contribution in [0.25, 0.3) is 11.0 Å². The Morgan fingerprint density at radius 3 is 1.78 bits per heavy atom. The Bertz CT molecular complexity index is 2120. The molecule has 1 aliphatic rings. The summed E-state index contributed by atoms with van der Waals surface area (Å²) >= 11 is 0. The zero-order valence-corrected chi connectivity index (χ0v) is 33.2. The van der Waals surface area contributed by atoms with E-state index in [0.29, 0.717) is 11.0 Å². The molecule has 290 valence electrons. The highest BCUT2D eigenvalue weighted by Gasteiger charge is 2.43. The van der Waals surface area contributed by atoms with E-state index in [9.17, 15) is 18.0 Å². The van der Waals surface area contributed by atoms with Gasteiger partial charge in [0.25, 0.3) is 10.1 Å².